The third kappa shape index (κ3) is 18.6. The Morgan fingerprint density at radius 3 is 2.10 bits per heavy atom. The van der Waals surface area contributed by atoms with E-state index < -0.39 is 5.97 Å². The van der Waals surface area contributed by atoms with E-state index in [4.69, 9.17) is 10.2 Å². The van der Waals surface area contributed by atoms with Crippen molar-refractivity contribution >= 4 is 5.97 Å². The molecule has 0 aliphatic heterocycles. The fourth-order valence-electron chi connectivity index (χ4n) is 1.88. The lowest BCUT2D eigenvalue weighted by Gasteiger charge is -1.97. The molecule has 0 aromatic rings. The molecule has 0 heterocycles. The van der Waals surface area contributed by atoms with Crippen molar-refractivity contribution in [2.24, 2.45) is 0 Å². The summed E-state index contributed by atoms with van der Waals surface area (Å²) in [6.45, 7) is 1.80. The summed E-state index contributed by atoms with van der Waals surface area (Å²) in [6, 6.07) is 0. The lowest BCUT2D eigenvalue weighted by atomic mass is 10.1. The van der Waals surface area contributed by atoms with Crippen LogP contribution >= 0.6 is 0 Å². The average Bonchev–Trinajstić information content (AvgIpc) is 2.42. The summed E-state index contributed by atoms with van der Waals surface area (Å²) < 4.78 is 0. The van der Waals surface area contributed by atoms with Crippen LogP contribution in [0.5, 0.6) is 0 Å². The third-order valence-electron chi connectivity index (χ3n) is 3.12. The lowest BCUT2D eigenvalue weighted by Crippen LogP contribution is -1.96. The molecule has 0 radical (unpaired) electrons. The van der Waals surface area contributed by atoms with Crippen LogP contribution in [0.2, 0.25) is 0 Å². The molecule has 0 rings (SSSR count). The molecule has 21 heavy (non-hydrogen) atoms. The smallest absolute Gasteiger partial charge is 0.303 e. The highest BCUT2D eigenvalue weighted by molar-refractivity contribution is 5.66. The molecule has 0 aromatic heterocycles. The zero-order chi connectivity index (χ0) is 15.8. The fraction of sp³-hybridized carbons (Fsp3) is 0.611. The molecule has 0 spiro atoms. The number of rotatable bonds is 13. The van der Waals surface area contributed by atoms with Crippen LogP contribution in [0.3, 0.4) is 0 Å². The Morgan fingerprint density at radius 2 is 1.48 bits per heavy atom. The standard InChI is InChI=1S/C18H30O3/c1-17(19)15-13-11-9-7-5-3-2-4-6-8-10-12-14-16-18(20)21/h2-3,5,7,9,11,17,19H,4,6,8,10,12-16H2,1H3,(H,20,21)/b3-2+,7-5+,11-9+. The first-order chi connectivity index (χ1) is 10.1. The molecule has 0 aliphatic carbocycles. The van der Waals surface area contributed by atoms with E-state index in [1.807, 2.05) is 18.2 Å². The average molecular weight is 294 g/mol. The molecule has 3 nitrogen and oxygen atoms in total. The Kier molecular flexibility index (Phi) is 14.1. The number of aliphatic hydroxyl groups excluding tert-OH is 1. The van der Waals surface area contributed by atoms with E-state index in [9.17, 15) is 4.79 Å². The highest BCUT2D eigenvalue weighted by atomic mass is 16.4. The van der Waals surface area contributed by atoms with Crippen LogP contribution in [-0.4, -0.2) is 22.3 Å². The first-order valence-electron chi connectivity index (χ1n) is 8.01. The minimum absolute atomic E-state index is 0.220. The van der Waals surface area contributed by atoms with Crippen molar-refractivity contribution in [1.29, 1.82) is 0 Å². The van der Waals surface area contributed by atoms with Crippen LogP contribution in [0.25, 0.3) is 0 Å². The summed E-state index contributed by atoms with van der Waals surface area (Å²) in [5.74, 6) is -0.690. The van der Waals surface area contributed by atoms with Crippen LogP contribution < -0.4 is 0 Å². The molecule has 1 atom stereocenters. The van der Waals surface area contributed by atoms with Crippen LogP contribution in [0, 0.1) is 0 Å². The van der Waals surface area contributed by atoms with Gasteiger partial charge in [0.2, 0.25) is 0 Å². The van der Waals surface area contributed by atoms with Crippen molar-refractivity contribution in [3.05, 3.63) is 36.5 Å². The SMILES string of the molecule is CC(O)CC/C=C/C=C/C=C/CCCCCCCC(=O)O. The van der Waals surface area contributed by atoms with E-state index in [1.165, 1.54) is 12.8 Å². The maximum absolute atomic E-state index is 10.3. The Hall–Kier alpha value is -1.35. The Balaban J connectivity index is 3.34. The number of carboxylic acid groups (broad SMARTS) is 1. The Morgan fingerprint density at radius 1 is 0.905 bits per heavy atom. The van der Waals surface area contributed by atoms with Gasteiger partial charge in [-0.3, -0.25) is 4.79 Å². The van der Waals surface area contributed by atoms with E-state index in [0.717, 1.165) is 38.5 Å². The fourth-order valence-corrected chi connectivity index (χ4v) is 1.88. The molecular formula is C18H30O3. The van der Waals surface area contributed by atoms with Gasteiger partial charge in [-0.15, -0.1) is 0 Å². The minimum atomic E-state index is -0.690. The predicted molar refractivity (Wildman–Crippen MR) is 88.3 cm³/mol. The zero-order valence-corrected chi connectivity index (χ0v) is 13.2. The maximum atomic E-state index is 10.3. The molecule has 0 aliphatic rings. The monoisotopic (exact) mass is 294 g/mol. The molecule has 0 bridgehead atoms. The van der Waals surface area contributed by atoms with E-state index in [0.29, 0.717) is 6.42 Å². The first-order valence-corrected chi connectivity index (χ1v) is 8.01. The second kappa shape index (κ2) is 15.0. The number of aliphatic hydroxyl groups is 1. The minimum Gasteiger partial charge on any atom is -0.481 e. The molecule has 0 amide bonds. The van der Waals surface area contributed by atoms with Gasteiger partial charge in [-0.05, 0) is 39.0 Å². The normalized spacial score (nSPS) is 13.6. The first kappa shape index (κ1) is 19.7. The van der Waals surface area contributed by atoms with Crippen molar-refractivity contribution in [2.75, 3.05) is 0 Å². The van der Waals surface area contributed by atoms with Crippen molar-refractivity contribution in [3.63, 3.8) is 0 Å². The van der Waals surface area contributed by atoms with Gasteiger partial charge in [0.05, 0.1) is 6.10 Å². The number of aliphatic carboxylic acids is 1. The Bertz CT molecular complexity index is 327. The van der Waals surface area contributed by atoms with Gasteiger partial charge in [0.25, 0.3) is 0 Å². The summed E-state index contributed by atoms with van der Waals surface area (Å²) in [6.07, 6.45) is 20.5. The van der Waals surface area contributed by atoms with Gasteiger partial charge in [-0.2, -0.15) is 0 Å². The lowest BCUT2D eigenvalue weighted by molar-refractivity contribution is -0.137. The van der Waals surface area contributed by atoms with Crippen LogP contribution in [0.1, 0.15) is 64.7 Å². The zero-order valence-electron chi connectivity index (χ0n) is 13.2. The quantitative estimate of drug-likeness (QED) is 0.384. The van der Waals surface area contributed by atoms with Gasteiger partial charge in [-0.25, -0.2) is 0 Å². The van der Waals surface area contributed by atoms with Gasteiger partial charge in [0, 0.05) is 6.42 Å². The Labute approximate surface area is 129 Å². The topological polar surface area (TPSA) is 57.5 Å². The highest BCUT2D eigenvalue weighted by Crippen LogP contribution is 2.07. The third-order valence-corrected chi connectivity index (χ3v) is 3.12. The molecule has 2 N–H and O–H groups in total. The molecule has 120 valence electrons. The van der Waals surface area contributed by atoms with E-state index in [2.05, 4.69) is 18.2 Å². The van der Waals surface area contributed by atoms with Crippen molar-refractivity contribution in [1.82, 2.24) is 0 Å². The van der Waals surface area contributed by atoms with Crippen LogP contribution in [0.15, 0.2) is 36.5 Å². The van der Waals surface area contributed by atoms with E-state index >= 15 is 0 Å². The van der Waals surface area contributed by atoms with E-state index in [-0.39, 0.29) is 6.10 Å². The highest BCUT2D eigenvalue weighted by Gasteiger charge is 1.95. The van der Waals surface area contributed by atoms with Crippen LogP contribution in [-0.2, 0) is 4.79 Å². The number of unbranched alkanes of at least 4 members (excludes halogenated alkanes) is 5. The summed E-state index contributed by atoms with van der Waals surface area (Å²) in [5, 5.41) is 17.6. The maximum Gasteiger partial charge on any atom is 0.303 e. The number of hydrogen-bond acceptors (Lipinski definition) is 2. The number of carboxylic acids is 1. The molecule has 0 fully saturated rings. The second-order valence-corrected chi connectivity index (χ2v) is 5.37. The summed E-state index contributed by atoms with van der Waals surface area (Å²) in [4.78, 5) is 10.3. The molecule has 0 saturated carbocycles. The number of allylic oxidation sites excluding steroid dienone is 6. The molecule has 0 saturated heterocycles. The molecule has 3 heteroatoms. The van der Waals surface area contributed by atoms with Crippen molar-refractivity contribution in [2.45, 2.75) is 70.8 Å². The molecule has 0 aromatic carbocycles. The van der Waals surface area contributed by atoms with Gasteiger partial charge in [0.15, 0.2) is 0 Å². The van der Waals surface area contributed by atoms with Gasteiger partial charge < -0.3 is 10.2 Å². The molecular weight excluding hydrogens is 264 g/mol. The van der Waals surface area contributed by atoms with Gasteiger partial charge in [0.1, 0.15) is 0 Å². The van der Waals surface area contributed by atoms with Crippen LogP contribution in [0.4, 0.5) is 0 Å². The second-order valence-electron chi connectivity index (χ2n) is 5.37. The largest absolute Gasteiger partial charge is 0.481 e. The van der Waals surface area contributed by atoms with Crippen molar-refractivity contribution < 1.29 is 15.0 Å². The summed E-state index contributed by atoms with van der Waals surface area (Å²) in [7, 11) is 0. The molecule has 1 unspecified atom stereocenters. The predicted octanol–water partition coefficient (Wildman–Crippen LogP) is 4.63. The number of hydrogen-bond donors (Lipinski definition) is 2. The number of carbonyl (C=O) groups is 1. The van der Waals surface area contributed by atoms with E-state index in [1.54, 1.807) is 6.92 Å². The van der Waals surface area contributed by atoms with Gasteiger partial charge >= 0.3 is 5.97 Å². The summed E-state index contributed by atoms with van der Waals surface area (Å²) in [5.41, 5.74) is 0. The summed E-state index contributed by atoms with van der Waals surface area (Å²) >= 11 is 0. The van der Waals surface area contributed by atoms with Crippen molar-refractivity contribution in [3.8, 4) is 0 Å². The van der Waals surface area contributed by atoms with Gasteiger partial charge in [-0.1, -0.05) is 55.7 Å².